The summed E-state index contributed by atoms with van der Waals surface area (Å²) in [6, 6.07) is 8.22. The summed E-state index contributed by atoms with van der Waals surface area (Å²) in [5.74, 6) is 0.936. The van der Waals surface area contributed by atoms with Crippen molar-refractivity contribution in [1.82, 2.24) is 15.0 Å². The summed E-state index contributed by atoms with van der Waals surface area (Å²) in [5.41, 5.74) is 0.913. The number of rotatable bonds is 5. The third kappa shape index (κ3) is 3.91. The highest BCUT2D eigenvalue weighted by molar-refractivity contribution is 14.1. The summed E-state index contributed by atoms with van der Waals surface area (Å²) >= 11 is 2.26. The normalized spacial score (nSPS) is 10.1. The molecule has 19 heavy (non-hydrogen) atoms. The summed E-state index contributed by atoms with van der Waals surface area (Å²) in [6.07, 6.45) is 0. The van der Waals surface area contributed by atoms with Crippen LogP contribution in [-0.4, -0.2) is 28.6 Å². The smallest absolute Gasteiger partial charge is 0.322 e. The highest BCUT2D eigenvalue weighted by atomic mass is 127. The lowest BCUT2D eigenvalue weighted by Crippen LogP contribution is -2.07. The third-order valence-corrected chi connectivity index (χ3v) is 2.95. The Balaban J connectivity index is 2.23. The van der Waals surface area contributed by atoms with Crippen LogP contribution in [0.3, 0.4) is 0 Å². The predicted molar refractivity (Wildman–Crippen MR) is 83.0 cm³/mol. The quantitative estimate of drug-likeness (QED) is 0.788. The van der Waals surface area contributed by atoms with Crippen molar-refractivity contribution in [3.05, 3.63) is 27.8 Å². The second-order valence-electron chi connectivity index (χ2n) is 3.63. The second kappa shape index (κ2) is 6.50. The van der Waals surface area contributed by atoms with Gasteiger partial charge in [-0.1, -0.05) is 0 Å². The van der Waals surface area contributed by atoms with Gasteiger partial charge in [-0.15, -0.1) is 0 Å². The van der Waals surface area contributed by atoms with Crippen LogP contribution in [0.2, 0.25) is 0 Å². The van der Waals surface area contributed by atoms with E-state index in [1.165, 1.54) is 10.7 Å². The number of nitrogens with zero attached hydrogens (tertiary/aromatic N) is 3. The van der Waals surface area contributed by atoms with Crippen molar-refractivity contribution >= 4 is 40.2 Å². The van der Waals surface area contributed by atoms with Crippen molar-refractivity contribution in [2.24, 2.45) is 0 Å². The second-order valence-corrected chi connectivity index (χ2v) is 4.88. The summed E-state index contributed by atoms with van der Waals surface area (Å²) in [4.78, 5) is 12.5. The number of anilines is 3. The number of benzene rings is 1. The Morgan fingerprint density at radius 3 is 2.42 bits per heavy atom. The van der Waals surface area contributed by atoms with Crippen LogP contribution in [0.4, 0.5) is 17.6 Å². The van der Waals surface area contributed by atoms with E-state index in [0.29, 0.717) is 11.9 Å². The molecule has 0 aliphatic heterocycles. The molecule has 0 unspecified atom stereocenters. The van der Waals surface area contributed by atoms with E-state index in [2.05, 4.69) is 48.2 Å². The van der Waals surface area contributed by atoms with Crippen LogP contribution in [-0.2, 0) is 0 Å². The molecule has 6 nitrogen and oxygen atoms in total. The van der Waals surface area contributed by atoms with Crippen molar-refractivity contribution in [3.63, 3.8) is 0 Å². The van der Waals surface area contributed by atoms with Gasteiger partial charge in [-0.3, -0.25) is 0 Å². The van der Waals surface area contributed by atoms with Gasteiger partial charge in [-0.25, -0.2) is 0 Å². The molecule has 1 heterocycles. The van der Waals surface area contributed by atoms with Gasteiger partial charge in [-0.05, 0) is 53.8 Å². The molecule has 0 saturated carbocycles. The van der Waals surface area contributed by atoms with Crippen LogP contribution < -0.4 is 15.4 Å². The first kappa shape index (κ1) is 13.8. The van der Waals surface area contributed by atoms with E-state index in [1.807, 2.05) is 31.2 Å². The zero-order chi connectivity index (χ0) is 13.7. The molecule has 0 radical (unpaired) electrons. The molecule has 0 saturated heterocycles. The lowest BCUT2D eigenvalue weighted by molar-refractivity contribution is 0.379. The number of aromatic nitrogens is 3. The van der Waals surface area contributed by atoms with E-state index in [0.717, 1.165) is 12.2 Å². The highest BCUT2D eigenvalue weighted by Crippen LogP contribution is 2.17. The number of nitrogens with one attached hydrogen (secondary N) is 2. The minimum atomic E-state index is 0.277. The summed E-state index contributed by atoms with van der Waals surface area (Å²) in [5, 5.41) is 6.15. The van der Waals surface area contributed by atoms with Crippen LogP contribution in [0.5, 0.6) is 6.01 Å². The van der Waals surface area contributed by atoms with Crippen molar-refractivity contribution < 1.29 is 4.74 Å². The standard InChI is InChI=1S/C12H14IN5O/c1-3-14-10-16-11(18-12(17-10)19-2)15-9-6-4-8(13)5-7-9/h4-7H,3H2,1-2H3,(H2,14,15,16,17,18). The molecule has 0 bridgehead atoms. The van der Waals surface area contributed by atoms with Gasteiger partial charge < -0.3 is 15.4 Å². The minimum Gasteiger partial charge on any atom is -0.467 e. The average Bonchev–Trinajstić information content (AvgIpc) is 2.41. The van der Waals surface area contributed by atoms with Crippen molar-refractivity contribution in [2.45, 2.75) is 6.92 Å². The van der Waals surface area contributed by atoms with E-state index < -0.39 is 0 Å². The Morgan fingerprint density at radius 2 is 1.79 bits per heavy atom. The fourth-order valence-electron chi connectivity index (χ4n) is 1.40. The molecule has 0 amide bonds. The summed E-state index contributed by atoms with van der Waals surface area (Å²) in [6.45, 7) is 2.71. The zero-order valence-electron chi connectivity index (χ0n) is 10.6. The van der Waals surface area contributed by atoms with E-state index in [1.54, 1.807) is 0 Å². The number of ether oxygens (including phenoxy) is 1. The molecule has 0 aliphatic rings. The number of hydrogen-bond acceptors (Lipinski definition) is 6. The van der Waals surface area contributed by atoms with Gasteiger partial charge in [-0.2, -0.15) is 15.0 Å². The maximum Gasteiger partial charge on any atom is 0.322 e. The fraction of sp³-hybridized carbons (Fsp3) is 0.250. The molecule has 100 valence electrons. The molecule has 2 N–H and O–H groups in total. The Morgan fingerprint density at radius 1 is 1.11 bits per heavy atom. The van der Waals surface area contributed by atoms with Crippen molar-refractivity contribution in [2.75, 3.05) is 24.3 Å². The monoisotopic (exact) mass is 371 g/mol. The van der Waals surface area contributed by atoms with Gasteiger partial charge >= 0.3 is 6.01 Å². The van der Waals surface area contributed by atoms with Gasteiger partial charge in [0.25, 0.3) is 0 Å². The molecule has 1 aromatic carbocycles. The van der Waals surface area contributed by atoms with Crippen LogP contribution >= 0.6 is 22.6 Å². The molecule has 1 aromatic heterocycles. The summed E-state index contributed by atoms with van der Waals surface area (Å²) < 4.78 is 6.23. The van der Waals surface area contributed by atoms with E-state index >= 15 is 0 Å². The van der Waals surface area contributed by atoms with E-state index in [-0.39, 0.29) is 6.01 Å². The third-order valence-electron chi connectivity index (χ3n) is 2.23. The first-order valence-corrected chi connectivity index (χ1v) is 6.85. The van der Waals surface area contributed by atoms with Crippen molar-refractivity contribution in [3.8, 4) is 6.01 Å². The molecule has 2 aromatic rings. The van der Waals surface area contributed by atoms with E-state index in [4.69, 9.17) is 4.74 Å². The first-order valence-electron chi connectivity index (χ1n) is 5.78. The summed E-state index contributed by atoms with van der Waals surface area (Å²) in [7, 11) is 1.53. The average molecular weight is 371 g/mol. The lowest BCUT2D eigenvalue weighted by atomic mass is 10.3. The maximum absolute atomic E-state index is 5.06. The molecular weight excluding hydrogens is 357 g/mol. The molecule has 0 aliphatic carbocycles. The largest absolute Gasteiger partial charge is 0.467 e. The molecule has 7 heteroatoms. The Labute approximate surface area is 125 Å². The molecule has 0 spiro atoms. The molecule has 0 atom stereocenters. The Bertz CT molecular complexity index is 546. The molecule has 2 rings (SSSR count). The SMILES string of the molecule is CCNc1nc(Nc2ccc(I)cc2)nc(OC)n1. The van der Waals surface area contributed by atoms with Crippen molar-refractivity contribution in [1.29, 1.82) is 0 Å². The first-order chi connectivity index (χ1) is 9.21. The van der Waals surface area contributed by atoms with Gasteiger partial charge in [0, 0.05) is 15.8 Å². The lowest BCUT2D eigenvalue weighted by Gasteiger charge is -2.08. The maximum atomic E-state index is 5.06. The Hall–Kier alpha value is -1.64. The zero-order valence-corrected chi connectivity index (χ0v) is 12.8. The van der Waals surface area contributed by atoms with Crippen LogP contribution in [0, 0.1) is 3.57 Å². The Kier molecular flexibility index (Phi) is 4.72. The number of methoxy groups -OCH3 is 1. The molecule has 0 fully saturated rings. The topological polar surface area (TPSA) is 72.0 Å². The number of halogens is 1. The van der Waals surface area contributed by atoms with Gasteiger partial charge in [0.15, 0.2) is 0 Å². The van der Waals surface area contributed by atoms with Crippen LogP contribution in [0.15, 0.2) is 24.3 Å². The fourth-order valence-corrected chi connectivity index (χ4v) is 1.76. The van der Waals surface area contributed by atoms with Crippen LogP contribution in [0.25, 0.3) is 0 Å². The minimum absolute atomic E-state index is 0.277. The van der Waals surface area contributed by atoms with Gasteiger partial charge in [0.2, 0.25) is 11.9 Å². The highest BCUT2D eigenvalue weighted by Gasteiger charge is 2.06. The predicted octanol–water partition coefficient (Wildman–Crippen LogP) is 2.66. The van der Waals surface area contributed by atoms with Gasteiger partial charge in [0.05, 0.1) is 7.11 Å². The van der Waals surface area contributed by atoms with Gasteiger partial charge in [0.1, 0.15) is 0 Å². The molecular formula is C12H14IN5O. The number of hydrogen-bond donors (Lipinski definition) is 2. The van der Waals surface area contributed by atoms with Crippen LogP contribution in [0.1, 0.15) is 6.92 Å². The van der Waals surface area contributed by atoms with E-state index in [9.17, 15) is 0 Å².